The molecule has 0 amide bonds. The van der Waals surface area contributed by atoms with Gasteiger partial charge in [-0.15, -0.1) is 0 Å². The lowest BCUT2D eigenvalue weighted by molar-refractivity contribution is -0.870. The van der Waals surface area contributed by atoms with Crippen LogP contribution in [0.3, 0.4) is 0 Å². The minimum Gasteiger partial charge on any atom is -0.756 e. The highest BCUT2D eigenvalue weighted by Gasteiger charge is 2.21. The molecule has 0 heterocycles. The van der Waals surface area contributed by atoms with Gasteiger partial charge in [-0.1, -0.05) is 145 Å². The highest BCUT2D eigenvalue weighted by atomic mass is 31.2. The molecule has 0 bridgehead atoms. The minimum absolute atomic E-state index is 0.0433. The number of nitrogens with zero attached hydrogens (tertiary/aromatic N) is 1. The molecule has 2 atom stereocenters. The Hall–Kier alpha value is -2.29. The zero-order valence-electron chi connectivity index (χ0n) is 34.2. The average Bonchev–Trinajstić information content (AvgIpc) is 3.10. The van der Waals surface area contributed by atoms with Gasteiger partial charge in [0.25, 0.3) is 7.82 Å². The Morgan fingerprint density at radius 3 is 1.58 bits per heavy atom. The first-order chi connectivity index (χ1) is 25.5. The number of likely N-dealkylation sites (N-methyl/N-ethyl adjacent to an activating group) is 1. The number of ether oxygens (including phenoxy) is 2. The van der Waals surface area contributed by atoms with Gasteiger partial charge in [-0.05, 0) is 51.4 Å². The molecule has 0 N–H and O–H groups in total. The van der Waals surface area contributed by atoms with Gasteiger partial charge in [0.05, 0.1) is 27.7 Å². The largest absolute Gasteiger partial charge is 0.756 e. The number of unbranched alkanes of at least 4 members (excludes halogenated alkanes) is 12. The molecule has 0 aliphatic carbocycles. The van der Waals surface area contributed by atoms with Crippen molar-refractivity contribution < 1.29 is 42.1 Å². The summed E-state index contributed by atoms with van der Waals surface area (Å²) in [6.07, 6.45) is 41.2. The normalized spacial score (nSPS) is 14.3. The van der Waals surface area contributed by atoms with Crippen LogP contribution >= 0.6 is 7.82 Å². The van der Waals surface area contributed by atoms with Crippen molar-refractivity contribution in [3.63, 3.8) is 0 Å². The van der Waals surface area contributed by atoms with E-state index in [1.54, 1.807) is 0 Å². The molecule has 10 heteroatoms. The van der Waals surface area contributed by atoms with E-state index in [4.69, 9.17) is 18.5 Å². The van der Waals surface area contributed by atoms with Crippen molar-refractivity contribution in [1.29, 1.82) is 0 Å². The number of rotatable bonds is 36. The lowest BCUT2D eigenvalue weighted by Gasteiger charge is -2.28. The first-order valence-corrected chi connectivity index (χ1v) is 22.0. The van der Waals surface area contributed by atoms with E-state index in [-0.39, 0.29) is 26.1 Å². The number of phosphoric acid groups is 1. The Morgan fingerprint density at radius 1 is 0.585 bits per heavy atom. The van der Waals surface area contributed by atoms with Crippen molar-refractivity contribution >= 4 is 19.8 Å². The molecule has 0 fully saturated rings. The second kappa shape index (κ2) is 35.4. The van der Waals surface area contributed by atoms with Crippen LogP contribution in [0.1, 0.15) is 149 Å². The predicted octanol–water partition coefficient (Wildman–Crippen LogP) is 10.7. The molecule has 0 rings (SSSR count). The van der Waals surface area contributed by atoms with Gasteiger partial charge in [0, 0.05) is 12.8 Å². The smallest absolute Gasteiger partial charge is 0.306 e. The van der Waals surface area contributed by atoms with E-state index in [9.17, 15) is 19.0 Å². The Morgan fingerprint density at radius 2 is 1.06 bits per heavy atom. The van der Waals surface area contributed by atoms with Crippen LogP contribution < -0.4 is 4.89 Å². The van der Waals surface area contributed by atoms with Crippen LogP contribution in [0.25, 0.3) is 0 Å². The molecule has 306 valence electrons. The predicted molar refractivity (Wildman–Crippen MR) is 217 cm³/mol. The van der Waals surface area contributed by atoms with Gasteiger partial charge < -0.3 is 27.9 Å². The number of esters is 2. The highest BCUT2D eigenvalue weighted by molar-refractivity contribution is 7.45. The van der Waals surface area contributed by atoms with E-state index in [1.165, 1.54) is 64.2 Å². The summed E-state index contributed by atoms with van der Waals surface area (Å²) in [6, 6.07) is 0. The molecule has 0 aliphatic heterocycles. The molecule has 0 aliphatic rings. The van der Waals surface area contributed by atoms with Gasteiger partial charge in [0.15, 0.2) is 6.10 Å². The molecule has 53 heavy (non-hydrogen) atoms. The van der Waals surface area contributed by atoms with Gasteiger partial charge in [0.2, 0.25) is 0 Å². The van der Waals surface area contributed by atoms with Crippen LogP contribution in [0.4, 0.5) is 0 Å². The van der Waals surface area contributed by atoms with E-state index in [1.807, 2.05) is 33.3 Å². The molecule has 0 saturated heterocycles. The van der Waals surface area contributed by atoms with E-state index in [0.29, 0.717) is 23.9 Å². The summed E-state index contributed by atoms with van der Waals surface area (Å²) < 4.78 is 33.7. The van der Waals surface area contributed by atoms with Crippen LogP contribution in [0.2, 0.25) is 0 Å². The third kappa shape index (κ3) is 39.2. The summed E-state index contributed by atoms with van der Waals surface area (Å²) in [4.78, 5) is 37.3. The maximum atomic E-state index is 12.6. The highest BCUT2D eigenvalue weighted by Crippen LogP contribution is 2.38. The van der Waals surface area contributed by atoms with Gasteiger partial charge >= 0.3 is 11.9 Å². The summed E-state index contributed by atoms with van der Waals surface area (Å²) in [5, 5.41) is 0. The first kappa shape index (κ1) is 50.7. The molecule has 0 aromatic rings. The number of phosphoric ester groups is 1. The quantitative estimate of drug-likeness (QED) is 0.0204. The zero-order valence-corrected chi connectivity index (χ0v) is 35.1. The summed E-state index contributed by atoms with van der Waals surface area (Å²) in [5.41, 5.74) is 0. The Bertz CT molecular complexity index is 1090. The fourth-order valence-electron chi connectivity index (χ4n) is 5.05. The molecular weight excluding hydrogens is 689 g/mol. The van der Waals surface area contributed by atoms with Crippen molar-refractivity contribution in [1.82, 2.24) is 0 Å². The topological polar surface area (TPSA) is 111 Å². The van der Waals surface area contributed by atoms with E-state index >= 15 is 0 Å². The molecule has 0 aromatic heterocycles. The van der Waals surface area contributed by atoms with E-state index < -0.39 is 32.5 Å². The Kier molecular flexibility index (Phi) is 33.9. The second-order valence-electron chi connectivity index (χ2n) is 14.7. The maximum absolute atomic E-state index is 12.6. The number of carbonyl (C=O) groups excluding carboxylic acids is 2. The SMILES string of the molecule is CCCCC/C=C/C/C=C/C/C=C/C/C=C/C/C=C/CCC(=O)OC[C@@H](COP(=O)([O-])OCC[N+](C)(C)C)OC(=O)CCCCCCCCCCCC. The third-order valence-corrected chi connectivity index (χ3v) is 9.27. The Balaban J connectivity index is 4.49. The summed E-state index contributed by atoms with van der Waals surface area (Å²) >= 11 is 0. The van der Waals surface area contributed by atoms with Gasteiger partial charge in [0.1, 0.15) is 19.8 Å². The van der Waals surface area contributed by atoms with Gasteiger partial charge in [-0.3, -0.25) is 14.2 Å². The van der Waals surface area contributed by atoms with Crippen LogP contribution in [0, 0.1) is 0 Å². The monoisotopic (exact) mass is 766 g/mol. The van der Waals surface area contributed by atoms with E-state index in [2.05, 4.69) is 62.5 Å². The first-order valence-electron chi connectivity index (χ1n) is 20.5. The standard InChI is InChI=1S/C43H76NO8P/c1-6-8-10-12-14-16-18-19-20-21-22-23-24-25-26-28-29-31-33-35-42(45)49-39-41(40-51-53(47,48)50-38-37-44(3,4)5)52-43(46)36-34-32-30-27-17-15-13-11-9-7-2/h14,16,19-20,22-23,25-26,29,31,41H,6-13,15,17-18,21,24,27-28,30,32-40H2,1-5H3/b16-14+,20-19+,23-22+,26-25+,31-29+/t41-/m0/s1. The van der Waals surface area contributed by atoms with Crippen molar-refractivity contribution in [3.8, 4) is 0 Å². The molecule has 0 radical (unpaired) electrons. The summed E-state index contributed by atoms with van der Waals surface area (Å²) in [5.74, 6) is -0.937. The summed E-state index contributed by atoms with van der Waals surface area (Å²) in [6.45, 7) is 4.07. The number of allylic oxidation sites excluding steroid dienone is 10. The number of quaternary nitrogens is 1. The maximum Gasteiger partial charge on any atom is 0.306 e. The van der Waals surface area contributed by atoms with E-state index in [0.717, 1.165) is 44.9 Å². The third-order valence-electron chi connectivity index (χ3n) is 8.30. The van der Waals surface area contributed by atoms with Gasteiger partial charge in [-0.2, -0.15) is 0 Å². The van der Waals surface area contributed by atoms with Gasteiger partial charge in [-0.25, -0.2) is 0 Å². The number of hydrogen-bond acceptors (Lipinski definition) is 8. The lowest BCUT2D eigenvalue weighted by atomic mass is 10.1. The average molecular weight is 766 g/mol. The van der Waals surface area contributed by atoms with Crippen molar-refractivity contribution in [2.45, 2.75) is 155 Å². The Labute approximate surface area is 324 Å². The second-order valence-corrected chi connectivity index (χ2v) is 16.1. The molecule has 9 nitrogen and oxygen atoms in total. The van der Waals surface area contributed by atoms with Crippen LogP contribution in [0.5, 0.6) is 0 Å². The minimum atomic E-state index is -4.63. The van der Waals surface area contributed by atoms with Crippen molar-refractivity contribution in [3.05, 3.63) is 60.8 Å². The number of carbonyl (C=O) groups is 2. The lowest BCUT2D eigenvalue weighted by Crippen LogP contribution is -2.37. The molecule has 0 aromatic carbocycles. The molecule has 1 unspecified atom stereocenters. The number of hydrogen-bond donors (Lipinski definition) is 0. The van der Waals surface area contributed by atoms with Crippen LogP contribution in [-0.4, -0.2) is 70.0 Å². The van der Waals surface area contributed by atoms with Crippen LogP contribution in [-0.2, 0) is 32.7 Å². The molecule has 0 saturated carbocycles. The van der Waals surface area contributed by atoms with Crippen molar-refractivity contribution in [2.75, 3.05) is 47.5 Å². The molecule has 0 spiro atoms. The fourth-order valence-corrected chi connectivity index (χ4v) is 5.78. The summed E-state index contributed by atoms with van der Waals surface area (Å²) in [7, 11) is 1.12. The van der Waals surface area contributed by atoms with Crippen molar-refractivity contribution in [2.24, 2.45) is 0 Å². The fraction of sp³-hybridized carbons (Fsp3) is 0.721. The van der Waals surface area contributed by atoms with Crippen LogP contribution in [0.15, 0.2) is 60.8 Å². The zero-order chi connectivity index (χ0) is 39.3. The molecular formula is C43H76NO8P.